The van der Waals surface area contributed by atoms with Crippen molar-refractivity contribution in [2.24, 2.45) is 0 Å². The van der Waals surface area contributed by atoms with E-state index in [-0.39, 0.29) is 142 Å². The Kier molecular flexibility index (Phi) is 70.1. The van der Waals surface area contributed by atoms with Crippen molar-refractivity contribution in [2.45, 2.75) is 13.8 Å². The second-order valence-electron chi connectivity index (χ2n) is 1.55. The number of aliphatic carboxylic acids is 2. The first-order valence-electron chi connectivity index (χ1n) is 2.64. The predicted octanol–water partition coefficient (Wildman–Crippen LogP) is -10.3. The van der Waals surface area contributed by atoms with Crippen LogP contribution in [0.25, 0.3) is 0 Å². The molecule has 0 aromatic rings. The molecule has 0 aromatic heterocycles. The fourth-order valence-corrected chi connectivity index (χ4v) is 0. The Morgan fingerprint density at radius 2 is 0.941 bits per heavy atom. The average Bonchev–Trinajstić information content (AvgIpc) is 1.50. The minimum absolute atomic E-state index is 0. The third-order valence-corrected chi connectivity index (χ3v) is 0. The molecule has 0 saturated carbocycles. The molecule has 0 bridgehead atoms. The molecule has 0 aliphatic heterocycles. The van der Waals surface area contributed by atoms with E-state index in [9.17, 15) is 0 Å². The van der Waals surface area contributed by atoms with Gasteiger partial charge in [-0.15, -0.1) is 0 Å². The van der Waals surface area contributed by atoms with Gasteiger partial charge in [0.15, 0.2) is 0 Å². The van der Waals surface area contributed by atoms with Crippen molar-refractivity contribution < 1.29 is 154 Å². The molecular weight excluding hydrogens is 499 g/mol. The number of hydrogen-bond acceptors (Lipinski definition) is 3. The molecule has 0 unspecified atom stereocenters. The number of rotatable bonds is 0. The Hall–Kier alpha value is 3.61. The minimum atomic E-state index is -4.64. The van der Waals surface area contributed by atoms with E-state index in [4.69, 9.17) is 39.0 Å². The zero-order valence-electron chi connectivity index (χ0n) is 13.6. The third kappa shape index (κ3) is 467. The number of hydrogen-bond donors (Lipinski definition) is 5. The van der Waals surface area contributed by atoms with E-state index in [0.29, 0.717) is 0 Å². The second-order valence-corrected chi connectivity index (χ2v) is 2.58. The van der Waals surface area contributed by atoms with Gasteiger partial charge in [0, 0.05) is 13.8 Å². The monoisotopic (exact) mass is 516 g/mol. The molecule has 0 heterocycles. The Balaban J connectivity index is -0.00000000802. The number of carboxylic acid groups (broad SMARTS) is 2. The van der Waals surface area contributed by atoms with Crippen LogP contribution in [0.15, 0.2) is 0 Å². The quantitative estimate of drug-likeness (QED) is 0.158. The molecule has 0 aromatic carbocycles. The van der Waals surface area contributed by atoms with Crippen LogP contribution in [0.1, 0.15) is 18.1 Å². The summed E-state index contributed by atoms with van der Waals surface area (Å²) >= 11 is 0. The van der Waals surface area contributed by atoms with E-state index in [0.717, 1.165) is 13.8 Å². The van der Waals surface area contributed by atoms with Gasteiger partial charge in [0.1, 0.15) is 0 Å². The summed E-state index contributed by atoms with van der Waals surface area (Å²) in [6.07, 6.45) is 0. The van der Waals surface area contributed by atoms with Gasteiger partial charge < -0.3 is 29.2 Å². The standard InChI is InChI=1S/2C2H4O2.K.2Na.H3O4P.Pb.5H/c2*1-2(3)4;;;;1-5(2,3)4;;;;;;/h2*1H3,(H,3,4);;;;(H3,1,2,3,4);;;;;;/q;;3*+1;;;;;3*-1. The van der Waals surface area contributed by atoms with Gasteiger partial charge in [-0.3, -0.25) is 9.59 Å². The van der Waals surface area contributed by atoms with E-state index in [1.807, 2.05) is 0 Å². The van der Waals surface area contributed by atoms with E-state index in [1.165, 1.54) is 0 Å². The van der Waals surface area contributed by atoms with Gasteiger partial charge >= 0.3 is 146 Å². The molecule has 0 aliphatic carbocycles. The molecule has 92 valence electrons. The first-order valence-corrected chi connectivity index (χ1v) is 4.20. The molecule has 0 amide bonds. The van der Waals surface area contributed by atoms with Gasteiger partial charge in [-0.1, -0.05) is 0 Å². The summed E-state index contributed by atoms with van der Waals surface area (Å²) in [4.78, 5) is 39.6. The molecule has 13 heteroatoms. The van der Waals surface area contributed by atoms with Crippen molar-refractivity contribution in [3.63, 3.8) is 0 Å². The van der Waals surface area contributed by atoms with E-state index in [2.05, 4.69) is 0 Å². The Morgan fingerprint density at radius 1 is 0.941 bits per heavy atom. The summed E-state index contributed by atoms with van der Waals surface area (Å²) < 4.78 is 8.88. The van der Waals surface area contributed by atoms with Crippen molar-refractivity contribution in [1.82, 2.24) is 0 Å². The van der Waals surface area contributed by atoms with Crippen LogP contribution in [0, 0.1) is 0 Å². The first kappa shape index (κ1) is 42.8. The van der Waals surface area contributed by atoms with Crippen LogP contribution < -0.4 is 110 Å². The van der Waals surface area contributed by atoms with Gasteiger partial charge in [-0.2, -0.15) is 0 Å². The molecule has 0 saturated heterocycles. The van der Waals surface area contributed by atoms with Crippen molar-refractivity contribution in [3.05, 3.63) is 0 Å². The van der Waals surface area contributed by atoms with E-state index in [1.54, 1.807) is 0 Å². The van der Waals surface area contributed by atoms with Gasteiger partial charge in [0.05, 0.1) is 0 Å². The molecule has 0 rings (SSSR count). The molecule has 0 fully saturated rings. The summed E-state index contributed by atoms with van der Waals surface area (Å²) in [6, 6.07) is 0. The molecule has 5 N–H and O–H groups in total. The molecule has 0 aliphatic rings. The zero-order valence-corrected chi connectivity index (χ0v) is 24.1. The number of carboxylic acids is 2. The van der Waals surface area contributed by atoms with Gasteiger partial charge in [-0.25, -0.2) is 4.57 Å². The SMILES string of the molecule is CC(=O)O.CC(=O)O.O=P(O)(O)O.[H-].[H-].[H-].[K+].[Na+].[Na+].[PbH2]. The zero-order chi connectivity index (χ0) is 11.7. The Labute approximate surface area is 210 Å². The van der Waals surface area contributed by atoms with E-state index >= 15 is 0 Å². The van der Waals surface area contributed by atoms with Crippen molar-refractivity contribution in [1.29, 1.82) is 0 Å². The topological polar surface area (TPSA) is 152 Å². The average molecular weight is 515 g/mol. The van der Waals surface area contributed by atoms with Crippen LogP contribution >= 0.6 is 7.82 Å². The molecule has 8 nitrogen and oxygen atoms in total. The van der Waals surface area contributed by atoms with Crippen LogP contribution in [-0.2, 0) is 14.2 Å². The van der Waals surface area contributed by atoms with Gasteiger partial charge in [-0.05, 0) is 0 Å². The predicted molar refractivity (Wildman–Crippen MR) is 52.8 cm³/mol. The van der Waals surface area contributed by atoms with Crippen LogP contribution in [0.4, 0.5) is 0 Å². The van der Waals surface area contributed by atoms with Crippen LogP contribution in [-0.4, -0.2) is 64.1 Å². The molecule has 0 atom stereocenters. The number of phosphoric acid groups is 1. The summed E-state index contributed by atoms with van der Waals surface area (Å²) in [7, 11) is -4.64. The van der Waals surface area contributed by atoms with Crippen LogP contribution in [0.5, 0.6) is 0 Å². The van der Waals surface area contributed by atoms with Crippen LogP contribution in [0.2, 0.25) is 0 Å². The fourth-order valence-electron chi connectivity index (χ4n) is 0. The Morgan fingerprint density at radius 3 is 0.941 bits per heavy atom. The van der Waals surface area contributed by atoms with Gasteiger partial charge in [0.2, 0.25) is 0 Å². The summed E-state index contributed by atoms with van der Waals surface area (Å²) in [5, 5.41) is 14.8. The van der Waals surface area contributed by atoms with Crippen molar-refractivity contribution >= 4 is 47.1 Å². The second kappa shape index (κ2) is 27.9. The summed E-state index contributed by atoms with van der Waals surface area (Å²) in [5.41, 5.74) is 0. The van der Waals surface area contributed by atoms with Gasteiger partial charge in [0.25, 0.3) is 11.9 Å². The molecular formula is C4H16KNa2O8PPb. The first-order chi connectivity index (χ1) is 5.46. The van der Waals surface area contributed by atoms with Crippen LogP contribution in [0.3, 0.4) is 0 Å². The summed E-state index contributed by atoms with van der Waals surface area (Å²) in [6.45, 7) is 2.17. The maximum absolute atomic E-state index is 9.00. The van der Waals surface area contributed by atoms with Crippen molar-refractivity contribution in [3.8, 4) is 0 Å². The fraction of sp³-hybridized carbons (Fsp3) is 0.500. The summed E-state index contributed by atoms with van der Waals surface area (Å²) in [5.74, 6) is -1.67. The third-order valence-electron chi connectivity index (χ3n) is 0. The normalized spacial score (nSPS) is 6.41. The number of carbonyl (C=O) groups is 2. The van der Waals surface area contributed by atoms with E-state index < -0.39 is 19.8 Å². The molecule has 17 heavy (non-hydrogen) atoms. The van der Waals surface area contributed by atoms with Crippen molar-refractivity contribution in [2.75, 3.05) is 0 Å². The Bertz CT molecular complexity index is 196. The molecule has 0 spiro atoms. The maximum atomic E-state index is 9.00. The molecule has 2 radical (unpaired) electrons.